The molecule has 4 aromatic heterocycles. The number of pyridine rings is 1. The second kappa shape index (κ2) is 9.18. The largest absolute Gasteiger partial charge is 0.481 e. The Morgan fingerprint density at radius 3 is 2.65 bits per heavy atom. The number of rotatable bonds is 7. The van der Waals surface area contributed by atoms with Crippen LogP contribution in [0.3, 0.4) is 0 Å². The van der Waals surface area contributed by atoms with Crippen molar-refractivity contribution in [3.05, 3.63) is 39.7 Å². The van der Waals surface area contributed by atoms with Crippen molar-refractivity contribution in [2.75, 3.05) is 11.1 Å². The lowest BCUT2D eigenvalue weighted by Crippen LogP contribution is -2.33. The Labute approximate surface area is 227 Å². The van der Waals surface area contributed by atoms with Crippen LogP contribution in [-0.4, -0.2) is 52.9 Å². The summed E-state index contributed by atoms with van der Waals surface area (Å²) >= 11 is 1.16. The van der Waals surface area contributed by atoms with E-state index in [1.54, 1.807) is 26.2 Å². The lowest BCUT2D eigenvalue weighted by Gasteiger charge is -2.20. The first kappa shape index (κ1) is 27.4. The van der Waals surface area contributed by atoms with Crippen LogP contribution in [0.25, 0.3) is 22.6 Å². The average Bonchev–Trinajstić information content (AvgIpc) is 3.52. The van der Waals surface area contributed by atoms with Crippen LogP contribution in [0.2, 0.25) is 0 Å². The van der Waals surface area contributed by atoms with Gasteiger partial charge in [-0.3, -0.25) is 9.59 Å². The minimum Gasteiger partial charge on any atom is -0.481 e. The molecule has 5 heterocycles. The number of anilines is 2. The Morgan fingerprint density at radius 2 is 1.98 bits per heavy atom. The molecule has 16 heteroatoms. The van der Waals surface area contributed by atoms with E-state index in [4.69, 9.17) is 5.73 Å². The predicted molar refractivity (Wildman–Crippen MR) is 136 cm³/mol. The molecule has 0 fully saturated rings. The fourth-order valence-corrected chi connectivity index (χ4v) is 5.44. The number of fused-ring (bicyclic) bond motifs is 2. The third-order valence-electron chi connectivity index (χ3n) is 6.68. The number of carboxylic acid groups (broad SMARTS) is 1. The molecular formula is C24H22F4N8O3S. The minimum atomic E-state index is -4.46. The number of hydrogen-bond acceptors (Lipinski definition) is 9. The second-order valence-electron chi connectivity index (χ2n) is 10.2. The zero-order valence-electron chi connectivity index (χ0n) is 21.3. The molecule has 0 unspecified atom stereocenters. The van der Waals surface area contributed by atoms with Gasteiger partial charge in [0.2, 0.25) is 5.91 Å². The van der Waals surface area contributed by atoms with Gasteiger partial charge in [-0.1, -0.05) is 0 Å². The number of carbonyl (C=O) groups excluding carboxylic acids is 1. The van der Waals surface area contributed by atoms with E-state index in [-0.39, 0.29) is 46.2 Å². The van der Waals surface area contributed by atoms with Gasteiger partial charge < -0.3 is 16.2 Å². The van der Waals surface area contributed by atoms with E-state index in [0.29, 0.717) is 10.7 Å². The predicted octanol–water partition coefficient (Wildman–Crippen LogP) is 3.93. The SMILES string of the molecule is CC(C)(Cc1csc([C@@]2(C)C(=O)Nc3nc(-c4nn(CCC(F)(F)F)c5ncc(F)cc45)nc(N)c32)n1)C(=O)O. The number of aliphatic carboxylic acids is 1. The van der Waals surface area contributed by atoms with Crippen LogP contribution in [0.5, 0.6) is 0 Å². The van der Waals surface area contributed by atoms with Gasteiger partial charge in [0.1, 0.15) is 33.6 Å². The number of carboxylic acids is 1. The van der Waals surface area contributed by atoms with Crippen LogP contribution in [0.1, 0.15) is 43.5 Å². The Morgan fingerprint density at radius 1 is 1.25 bits per heavy atom. The van der Waals surface area contributed by atoms with Crippen LogP contribution < -0.4 is 11.1 Å². The van der Waals surface area contributed by atoms with Crippen LogP contribution in [-0.2, 0) is 28.0 Å². The second-order valence-corrected chi connectivity index (χ2v) is 11.1. The summed E-state index contributed by atoms with van der Waals surface area (Å²) in [6.45, 7) is 4.14. The number of halogens is 4. The number of nitrogens with one attached hydrogen (secondary N) is 1. The van der Waals surface area contributed by atoms with E-state index in [2.05, 4.69) is 30.4 Å². The molecule has 0 radical (unpaired) electrons. The normalized spacial score (nSPS) is 17.3. The van der Waals surface area contributed by atoms with E-state index in [9.17, 15) is 32.3 Å². The van der Waals surface area contributed by atoms with Crippen LogP contribution in [0.4, 0.5) is 29.2 Å². The van der Waals surface area contributed by atoms with Gasteiger partial charge >= 0.3 is 12.1 Å². The average molecular weight is 579 g/mol. The van der Waals surface area contributed by atoms with Gasteiger partial charge in [-0.05, 0) is 26.8 Å². The van der Waals surface area contributed by atoms with E-state index in [0.717, 1.165) is 28.3 Å². The summed E-state index contributed by atoms with van der Waals surface area (Å²) < 4.78 is 53.7. The highest BCUT2D eigenvalue weighted by Crippen LogP contribution is 2.46. The molecule has 4 N–H and O–H groups in total. The third kappa shape index (κ3) is 4.61. The number of alkyl halides is 3. The van der Waals surface area contributed by atoms with Gasteiger partial charge in [0.15, 0.2) is 11.5 Å². The van der Waals surface area contributed by atoms with E-state index < -0.39 is 47.7 Å². The zero-order chi connectivity index (χ0) is 29.2. The van der Waals surface area contributed by atoms with Crippen molar-refractivity contribution >= 4 is 45.9 Å². The Hall–Kier alpha value is -4.21. The lowest BCUT2D eigenvalue weighted by molar-refractivity contribution is -0.146. The van der Waals surface area contributed by atoms with E-state index >= 15 is 0 Å². The quantitative estimate of drug-likeness (QED) is 0.276. The van der Waals surface area contributed by atoms with Gasteiger partial charge in [0, 0.05) is 11.8 Å². The summed E-state index contributed by atoms with van der Waals surface area (Å²) in [7, 11) is 0. The lowest BCUT2D eigenvalue weighted by atomic mass is 9.85. The first-order chi connectivity index (χ1) is 18.6. The van der Waals surface area contributed by atoms with Gasteiger partial charge in [-0.25, -0.2) is 29.0 Å². The van der Waals surface area contributed by atoms with Gasteiger partial charge in [0.05, 0.1) is 41.2 Å². The molecule has 0 aromatic carbocycles. The van der Waals surface area contributed by atoms with E-state index in [1.807, 2.05) is 0 Å². The molecule has 1 aliphatic heterocycles. The topological polar surface area (TPSA) is 162 Å². The Balaban J connectivity index is 1.57. The minimum absolute atomic E-state index is 0.00297. The molecule has 1 aliphatic rings. The number of nitrogen functional groups attached to an aromatic ring is 1. The molecule has 0 saturated carbocycles. The van der Waals surface area contributed by atoms with Crippen molar-refractivity contribution in [2.45, 2.75) is 51.7 Å². The molecule has 40 heavy (non-hydrogen) atoms. The fraction of sp³-hybridized carbons (Fsp3) is 0.375. The molecule has 0 bridgehead atoms. The maximum Gasteiger partial charge on any atom is 0.390 e. The summed E-state index contributed by atoms with van der Waals surface area (Å²) in [5.74, 6) is -2.47. The van der Waals surface area contributed by atoms with Crippen molar-refractivity contribution in [1.29, 1.82) is 0 Å². The van der Waals surface area contributed by atoms with Crippen molar-refractivity contribution in [3.8, 4) is 11.5 Å². The maximum atomic E-state index is 14.1. The Bertz CT molecular complexity index is 1680. The number of hydrogen-bond donors (Lipinski definition) is 3. The molecule has 5 rings (SSSR count). The molecule has 4 aromatic rings. The number of aromatic nitrogens is 6. The monoisotopic (exact) mass is 578 g/mol. The van der Waals surface area contributed by atoms with Gasteiger partial charge in [-0.15, -0.1) is 11.3 Å². The Kier molecular flexibility index (Phi) is 6.28. The van der Waals surface area contributed by atoms with Crippen molar-refractivity contribution in [3.63, 3.8) is 0 Å². The smallest absolute Gasteiger partial charge is 0.390 e. The first-order valence-electron chi connectivity index (χ1n) is 11.9. The van der Waals surface area contributed by atoms with Crippen LogP contribution in [0.15, 0.2) is 17.6 Å². The molecule has 1 atom stereocenters. The number of nitrogens with two attached hydrogens (primary N) is 1. The molecule has 11 nitrogen and oxygen atoms in total. The highest BCUT2D eigenvalue weighted by molar-refractivity contribution is 7.10. The molecule has 0 spiro atoms. The maximum absolute atomic E-state index is 14.1. The number of nitrogens with zero attached hydrogens (tertiary/aromatic N) is 6. The van der Waals surface area contributed by atoms with Gasteiger partial charge in [0.25, 0.3) is 0 Å². The van der Waals surface area contributed by atoms with Crippen molar-refractivity contribution in [1.82, 2.24) is 29.7 Å². The highest BCUT2D eigenvalue weighted by atomic mass is 32.1. The summed E-state index contributed by atoms with van der Waals surface area (Å²) in [6, 6.07) is 1.06. The number of thiazole rings is 1. The standard InChI is InChI=1S/C24H22F4N8O3S/c1-22(2,21(38)39)7-11-9-40-20(31-11)23(3)13-15(29)32-17(33-16(13)34-19(23)37)14-12-6-10(25)8-30-18(12)36(35-14)5-4-24(26,27)28/h6,8-9H,4-5,7H2,1-3H3,(H,38,39)(H3,29,32,33,34,37)/t23-/m1/s1. The van der Waals surface area contributed by atoms with Gasteiger partial charge in [-0.2, -0.15) is 18.3 Å². The summed E-state index contributed by atoms with van der Waals surface area (Å²) in [4.78, 5) is 41.9. The summed E-state index contributed by atoms with van der Waals surface area (Å²) in [6.07, 6.45) is -4.66. The molecule has 1 amide bonds. The molecule has 0 saturated heterocycles. The third-order valence-corrected chi connectivity index (χ3v) is 7.79. The van der Waals surface area contributed by atoms with Crippen LogP contribution >= 0.6 is 11.3 Å². The van der Waals surface area contributed by atoms with E-state index in [1.165, 1.54) is 0 Å². The summed E-state index contributed by atoms with van der Waals surface area (Å²) in [5, 5.41) is 18.4. The molecular weight excluding hydrogens is 556 g/mol. The van der Waals surface area contributed by atoms with Crippen LogP contribution in [0, 0.1) is 11.2 Å². The van der Waals surface area contributed by atoms with Crippen molar-refractivity contribution < 1.29 is 32.3 Å². The number of amides is 1. The molecule has 0 aliphatic carbocycles. The number of aryl methyl sites for hydroxylation is 1. The number of carbonyl (C=O) groups is 2. The van der Waals surface area contributed by atoms with Crippen molar-refractivity contribution in [2.24, 2.45) is 5.41 Å². The summed E-state index contributed by atoms with van der Waals surface area (Å²) in [5.41, 5.74) is 4.47. The first-order valence-corrected chi connectivity index (χ1v) is 12.7. The zero-order valence-corrected chi connectivity index (χ0v) is 22.1. The fourth-order valence-electron chi connectivity index (χ4n) is 4.45. The highest BCUT2D eigenvalue weighted by Gasteiger charge is 2.50. The molecule has 210 valence electrons.